The molecule has 2 N–H and O–H groups in total. The van der Waals surface area contributed by atoms with Gasteiger partial charge < -0.3 is 9.84 Å². The first-order valence-corrected chi connectivity index (χ1v) is 8.23. The van der Waals surface area contributed by atoms with Crippen molar-refractivity contribution in [3.05, 3.63) is 28.2 Å². The molecule has 0 aromatic heterocycles. The van der Waals surface area contributed by atoms with Crippen LogP contribution in [0.5, 0.6) is 0 Å². The van der Waals surface area contributed by atoms with Gasteiger partial charge in [-0.2, -0.15) is 0 Å². The Morgan fingerprint density at radius 1 is 1.33 bits per heavy atom. The molecular weight excluding hydrogens is 366 g/mol. The fraction of sp³-hybridized carbons (Fsp3) is 0.333. The van der Waals surface area contributed by atoms with Crippen molar-refractivity contribution < 1.29 is 27.9 Å². The number of esters is 1. The Kier molecular flexibility index (Phi) is 6.31. The normalized spacial score (nSPS) is 11.1. The minimum absolute atomic E-state index is 0.0878. The van der Waals surface area contributed by atoms with E-state index in [4.69, 9.17) is 9.84 Å². The van der Waals surface area contributed by atoms with Crippen molar-refractivity contribution in [2.24, 2.45) is 0 Å². The third-order valence-corrected chi connectivity index (χ3v) is 4.22. The Labute approximate surface area is 130 Å². The van der Waals surface area contributed by atoms with Crippen LogP contribution in [0.4, 0.5) is 0 Å². The van der Waals surface area contributed by atoms with Gasteiger partial charge in [0.15, 0.2) is 0 Å². The second kappa shape index (κ2) is 7.53. The van der Waals surface area contributed by atoms with Gasteiger partial charge in [0.05, 0.1) is 23.5 Å². The van der Waals surface area contributed by atoms with Gasteiger partial charge in [0.25, 0.3) is 0 Å². The fourth-order valence-electron chi connectivity index (χ4n) is 1.43. The Balaban J connectivity index is 3.01. The number of rotatable bonds is 7. The van der Waals surface area contributed by atoms with Crippen LogP contribution in [-0.4, -0.2) is 38.6 Å². The van der Waals surface area contributed by atoms with Crippen molar-refractivity contribution >= 4 is 37.9 Å². The van der Waals surface area contributed by atoms with Gasteiger partial charge in [-0.1, -0.05) is 15.9 Å². The number of carbonyl (C=O) groups is 2. The molecule has 0 saturated carbocycles. The van der Waals surface area contributed by atoms with Crippen molar-refractivity contribution in [2.75, 3.05) is 13.2 Å². The summed E-state index contributed by atoms with van der Waals surface area (Å²) in [5.74, 6) is -1.75. The second-order valence-corrected chi connectivity index (χ2v) is 6.62. The Morgan fingerprint density at radius 3 is 2.57 bits per heavy atom. The third kappa shape index (κ3) is 5.44. The summed E-state index contributed by atoms with van der Waals surface area (Å²) in [6.45, 7) is 1.57. The number of carboxylic acids is 1. The van der Waals surface area contributed by atoms with Crippen LogP contribution in [0.15, 0.2) is 27.6 Å². The zero-order chi connectivity index (χ0) is 16.0. The SMILES string of the molecule is CCOC(=O)c1cc(Br)cc(S(=O)(=O)NCCC(=O)O)c1. The number of aliphatic carboxylic acids is 1. The molecule has 0 atom stereocenters. The summed E-state index contributed by atoms with van der Waals surface area (Å²) in [7, 11) is -3.90. The number of ether oxygens (including phenoxy) is 1. The largest absolute Gasteiger partial charge is 0.481 e. The van der Waals surface area contributed by atoms with Gasteiger partial charge >= 0.3 is 11.9 Å². The van der Waals surface area contributed by atoms with Crippen LogP contribution in [0.3, 0.4) is 0 Å². The highest BCUT2D eigenvalue weighted by Crippen LogP contribution is 2.20. The van der Waals surface area contributed by atoms with E-state index in [0.717, 1.165) is 0 Å². The molecule has 0 aliphatic heterocycles. The molecule has 0 unspecified atom stereocenters. The maximum absolute atomic E-state index is 12.0. The van der Waals surface area contributed by atoms with Gasteiger partial charge in [-0.05, 0) is 25.1 Å². The van der Waals surface area contributed by atoms with Gasteiger partial charge in [-0.15, -0.1) is 0 Å². The van der Waals surface area contributed by atoms with Crippen molar-refractivity contribution in [2.45, 2.75) is 18.2 Å². The second-order valence-electron chi connectivity index (χ2n) is 3.94. The molecule has 0 bridgehead atoms. The number of hydrogen-bond acceptors (Lipinski definition) is 5. The number of benzene rings is 1. The summed E-state index contributed by atoms with van der Waals surface area (Å²) >= 11 is 3.12. The van der Waals surface area contributed by atoms with Gasteiger partial charge in [0.1, 0.15) is 0 Å². The van der Waals surface area contributed by atoms with Crippen molar-refractivity contribution in [3.8, 4) is 0 Å². The summed E-state index contributed by atoms with van der Waals surface area (Å²) in [4.78, 5) is 21.9. The molecule has 9 heteroatoms. The van der Waals surface area contributed by atoms with Crippen LogP contribution in [0.2, 0.25) is 0 Å². The molecule has 21 heavy (non-hydrogen) atoms. The molecule has 0 amide bonds. The van der Waals surface area contributed by atoms with Crippen LogP contribution in [0.25, 0.3) is 0 Å². The summed E-state index contributed by atoms with van der Waals surface area (Å²) in [6, 6.07) is 3.92. The standard InChI is InChI=1S/C12H14BrNO6S/c1-2-20-12(17)8-5-9(13)7-10(6-8)21(18,19)14-4-3-11(15)16/h5-7,14H,2-4H2,1H3,(H,15,16). The summed E-state index contributed by atoms with van der Waals surface area (Å²) in [6.07, 6.45) is -0.335. The highest BCUT2D eigenvalue weighted by Gasteiger charge is 2.18. The Morgan fingerprint density at radius 2 is 2.00 bits per heavy atom. The number of nitrogens with one attached hydrogen (secondary N) is 1. The molecule has 1 aromatic carbocycles. The van der Waals surface area contributed by atoms with E-state index < -0.39 is 22.0 Å². The van der Waals surface area contributed by atoms with Gasteiger partial charge in [0.2, 0.25) is 10.0 Å². The zero-order valence-electron chi connectivity index (χ0n) is 11.1. The van der Waals surface area contributed by atoms with E-state index in [0.29, 0.717) is 4.47 Å². The van der Waals surface area contributed by atoms with Gasteiger partial charge in [-0.25, -0.2) is 17.9 Å². The average molecular weight is 380 g/mol. The molecule has 7 nitrogen and oxygen atoms in total. The molecule has 0 saturated heterocycles. The lowest BCUT2D eigenvalue weighted by atomic mass is 10.2. The quantitative estimate of drug-likeness (QED) is 0.692. The van der Waals surface area contributed by atoms with E-state index in [1.165, 1.54) is 18.2 Å². The Bertz CT molecular complexity index is 643. The van der Waals surface area contributed by atoms with E-state index in [-0.39, 0.29) is 30.0 Å². The molecule has 0 radical (unpaired) electrons. The van der Waals surface area contributed by atoms with Crippen LogP contribution >= 0.6 is 15.9 Å². The lowest BCUT2D eigenvalue weighted by Crippen LogP contribution is -2.26. The van der Waals surface area contributed by atoms with Crippen LogP contribution < -0.4 is 4.72 Å². The monoisotopic (exact) mass is 379 g/mol. The van der Waals surface area contributed by atoms with Gasteiger partial charge in [-0.3, -0.25) is 4.79 Å². The number of carbonyl (C=O) groups excluding carboxylic acids is 1. The summed E-state index contributed by atoms with van der Waals surface area (Å²) in [5, 5.41) is 8.50. The highest BCUT2D eigenvalue weighted by molar-refractivity contribution is 9.10. The number of hydrogen-bond donors (Lipinski definition) is 2. The predicted octanol–water partition coefficient (Wildman–Crippen LogP) is 1.38. The lowest BCUT2D eigenvalue weighted by Gasteiger charge is -2.08. The molecule has 0 fully saturated rings. The van der Waals surface area contributed by atoms with Gasteiger partial charge in [0, 0.05) is 11.0 Å². The molecular formula is C12H14BrNO6S. The lowest BCUT2D eigenvalue weighted by molar-refractivity contribution is -0.136. The molecule has 116 valence electrons. The molecule has 0 aliphatic rings. The molecule has 1 rings (SSSR count). The van der Waals surface area contributed by atoms with E-state index in [2.05, 4.69) is 20.7 Å². The van der Waals surface area contributed by atoms with E-state index >= 15 is 0 Å². The third-order valence-electron chi connectivity index (χ3n) is 2.32. The molecule has 0 spiro atoms. The van der Waals surface area contributed by atoms with Crippen LogP contribution in [0.1, 0.15) is 23.7 Å². The first-order chi connectivity index (χ1) is 9.76. The van der Waals surface area contributed by atoms with Crippen molar-refractivity contribution in [1.82, 2.24) is 4.72 Å². The first-order valence-electron chi connectivity index (χ1n) is 5.95. The minimum Gasteiger partial charge on any atom is -0.481 e. The zero-order valence-corrected chi connectivity index (χ0v) is 13.5. The molecule has 0 heterocycles. The average Bonchev–Trinajstić information content (AvgIpc) is 2.37. The molecule has 0 aliphatic carbocycles. The smallest absolute Gasteiger partial charge is 0.338 e. The number of carboxylic acid groups (broad SMARTS) is 1. The maximum Gasteiger partial charge on any atom is 0.338 e. The van der Waals surface area contributed by atoms with Crippen LogP contribution in [0, 0.1) is 0 Å². The molecule has 1 aromatic rings. The highest BCUT2D eigenvalue weighted by atomic mass is 79.9. The number of sulfonamides is 1. The summed E-state index contributed by atoms with van der Waals surface area (Å²) < 4.78 is 31.4. The fourth-order valence-corrected chi connectivity index (χ4v) is 3.17. The van der Waals surface area contributed by atoms with Crippen LogP contribution in [-0.2, 0) is 19.6 Å². The number of halogens is 1. The minimum atomic E-state index is -3.90. The Hall–Kier alpha value is -1.45. The van der Waals surface area contributed by atoms with E-state index in [1.807, 2.05) is 0 Å². The summed E-state index contributed by atoms with van der Waals surface area (Å²) in [5.41, 5.74) is 0.0878. The van der Waals surface area contributed by atoms with Crippen molar-refractivity contribution in [3.63, 3.8) is 0 Å². The topological polar surface area (TPSA) is 110 Å². The van der Waals surface area contributed by atoms with Crippen molar-refractivity contribution in [1.29, 1.82) is 0 Å². The van der Waals surface area contributed by atoms with E-state index in [9.17, 15) is 18.0 Å². The maximum atomic E-state index is 12.0. The predicted molar refractivity (Wildman–Crippen MR) is 77.5 cm³/mol. The first kappa shape index (κ1) is 17.6. The van der Waals surface area contributed by atoms with E-state index in [1.54, 1.807) is 6.92 Å².